The fourth-order valence-corrected chi connectivity index (χ4v) is 5.39. The van der Waals surface area contributed by atoms with Gasteiger partial charge in [0.05, 0.1) is 13.2 Å². The SMILES string of the molecule is COc1ccccc1CCC(=O)N1CCc2sccc2[C@@H]1c1cccs1. The van der Waals surface area contributed by atoms with Crippen molar-refractivity contribution in [2.45, 2.75) is 25.3 Å². The minimum absolute atomic E-state index is 0.0650. The molecule has 0 spiro atoms. The molecule has 0 aliphatic carbocycles. The molecule has 5 heteroatoms. The zero-order valence-electron chi connectivity index (χ0n) is 14.7. The number of ether oxygens (including phenoxy) is 1. The number of carbonyl (C=O) groups excluding carboxylic acids is 1. The molecule has 2 aromatic heterocycles. The number of benzene rings is 1. The maximum Gasteiger partial charge on any atom is 0.223 e. The van der Waals surface area contributed by atoms with Crippen molar-refractivity contribution in [1.82, 2.24) is 4.90 Å². The standard InChI is InChI=1S/C21H21NO2S2/c1-24-17-6-3-2-5-15(17)8-9-20(23)22-12-10-18-16(11-14-26-18)21(22)19-7-4-13-25-19/h2-7,11,13-14,21H,8-10,12H2,1H3/t21-/m1/s1. The van der Waals surface area contributed by atoms with Gasteiger partial charge in [-0.15, -0.1) is 22.7 Å². The molecule has 3 aromatic rings. The molecule has 134 valence electrons. The fraction of sp³-hybridized carbons (Fsp3) is 0.286. The average molecular weight is 384 g/mol. The van der Waals surface area contributed by atoms with Crippen molar-refractivity contribution in [1.29, 1.82) is 0 Å². The largest absolute Gasteiger partial charge is 0.496 e. The van der Waals surface area contributed by atoms with E-state index in [1.54, 1.807) is 29.8 Å². The zero-order chi connectivity index (χ0) is 17.9. The van der Waals surface area contributed by atoms with Gasteiger partial charge in [-0.05, 0) is 52.9 Å². The summed E-state index contributed by atoms with van der Waals surface area (Å²) in [4.78, 5) is 17.8. The predicted octanol–water partition coefficient (Wildman–Crippen LogP) is 4.93. The van der Waals surface area contributed by atoms with Crippen molar-refractivity contribution in [3.63, 3.8) is 0 Å². The Morgan fingerprint density at radius 3 is 2.85 bits per heavy atom. The van der Waals surface area contributed by atoms with E-state index in [0.717, 1.165) is 24.3 Å². The van der Waals surface area contributed by atoms with Crippen LogP contribution in [0.5, 0.6) is 5.75 Å². The molecular formula is C21H21NO2S2. The van der Waals surface area contributed by atoms with Gasteiger partial charge in [-0.2, -0.15) is 0 Å². The van der Waals surface area contributed by atoms with E-state index >= 15 is 0 Å². The summed E-state index contributed by atoms with van der Waals surface area (Å²) in [6.07, 6.45) is 2.16. The Hall–Kier alpha value is -2.11. The second-order valence-electron chi connectivity index (χ2n) is 6.37. The van der Waals surface area contributed by atoms with Crippen molar-refractivity contribution >= 4 is 28.6 Å². The lowest BCUT2D eigenvalue weighted by Gasteiger charge is -2.35. The van der Waals surface area contributed by atoms with E-state index in [9.17, 15) is 4.79 Å². The molecule has 0 bridgehead atoms. The summed E-state index contributed by atoms with van der Waals surface area (Å²) >= 11 is 3.53. The zero-order valence-corrected chi connectivity index (χ0v) is 16.3. The Labute approximate surface area is 161 Å². The van der Waals surface area contributed by atoms with Crippen LogP contribution in [0.1, 0.15) is 33.3 Å². The molecule has 4 rings (SSSR count). The van der Waals surface area contributed by atoms with E-state index in [4.69, 9.17) is 4.74 Å². The number of hydrogen-bond acceptors (Lipinski definition) is 4. The number of thiophene rings is 2. The maximum atomic E-state index is 13.1. The Balaban J connectivity index is 1.55. The molecule has 3 nitrogen and oxygen atoms in total. The van der Waals surface area contributed by atoms with Crippen molar-refractivity contribution in [3.8, 4) is 5.75 Å². The molecule has 1 atom stereocenters. The van der Waals surface area contributed by atoms with Crippen molar-refractivity contribution in [2.24, 2.45) is 0 Å². The Kier molecular flexibility index (Phi) is 5.09. The topological polar surface area (TPSA) is 29.5 Å². The third-order valence-electron chi connectivity index (χ3n) is 4.90. The molecule has 0 N–H and O–H groups in total. The lowest BCUT2D eigenvalue weighted by molar-refractivity contribution is -0.133. The molecule has 1 aromatic carbocycles. The summed E-state index contributed by atoms with van der Waals surface area (Å²) in [5.41, 5.74) is 2.39. The van der Waals surface area contributed by atoms with Gasteiger partial charge in [0.15, 0.2) is 0 Å². The van der Waals surface area contributed by atoms with Gasteiger partial charge in [-0.1, -0.05) is 24.3 Å². The third-order valence-corrected chi connectivity index (χ3v) is 6.82. The first-order valence-electron chi connectivity index (χ1n) is 8.79. The lowest BCUT2D eigenvalue weighted by Crippen LogP contribution is -2.39. The molecule has 3 heterocycles. The molecule has 1 aliphatic heterocycles. The highest BCUT2D eigenvalue weighted by atomic mass is 32.1. The molecule has 0 saturated carbocycles. The summed E-state index contributed by atoms with van der Waals surface area (Å²) in [5.74, 6) is 1.07. The third kappa shape index (κ3) is 3.29. The molecule has 26 heavy (non-hydrogen) atoms. The minimum Gasteiger partial charge on any atom is -0.496 e. The normalized spacial score (nSPS) is 16.3. The van der Waals surface area contributed by atoms with Gasteiger partial charge in [-0.3, -0.25) is 4.79 Å². The van der Waals surface area contributed by atoms with Crippen LogP contribution in [0, 0.1) is 0 Å². The van der Waals surface area contributed by atoms with E-state index in [2.05, 4.69) is 33.9 Å². The van der Waals surface area contributed by atoms with Crippen LogP contribution in [0.25, 0.3) is 0 Å². The summed E-state index contributed by atoms with van der Waals surface area (Å²) < 4.78 is 5.42. The molecular weight excluding hydrogens is 362 g/mol. The first-order valence-corrected chi connectivity index (χ1v) is 10.5. The number of hydrogen-bond donors (Lipinski definition) is 0. The second-order valence-corrected chi connectivity index (χ2v) is 8.35. The highest BCUT2D eigenvalue weighted by Gasteiger charge is 2.33. The van der Waals surface area contributed by atoms with Crippen molar-refractivity contribution in [2.75, 3.05) is 13.7 Å². The molecule has 0 fully saturated rings. The smallest absolute Gasteiger partial charge is 0.223 e. The van der Waals surface area contributed by atoms with Gasteiger partial charge in [0.2, 0.25) is 5.91 Å². The fourth-order valence-electron chi connectivity index (χ4n) is 3.63. The van der Waals surface area contributed by atoms with Crippen LogP contribution in [0.3, 0.4) is 0 Å². The van der Waals surface area contributed by atoms with Crippen LogP contribution in [0.15, 0.2) is 53.2 Å². The Morgan fingerprint density at radius 2 is 2.04 bits per heavy atom. The van der Waals surface area contributed by atoms with Crippen LogP contribution in [-0.4, -0.2) is 24.5 Å². The highest BCUT2D eigenvalue weighted by Crippen LogP contribution is 2.39. The number of nitrogens with zero attached hydrogens (tertiary/aromatic N) is 1. The summed E-state index contributed by atoms with van der Waals surface area (Å²) in [7, 11) is 1.68. The van der Waals surface area contributed by atoms with E-state index in [-0.39, 0.29) is 11.9 Å². The van der Waals surface area contributed by atoms with E-state index in [1.807, 2.05) is 24.3 Å². The number of carbonyl (C=O) groups is 1. The van der Waals surface area contributed by atoms with E-state index in [0.29, 0.717) is 12.8 Å². The quantitative estimate of drug-likeness (QED) is 0.625. The van der Waals surface area contributed by atoms with Crippen LogP contribution in [0.4, 0.5) is 0 Å². The monoisotopic (exact) mass is 383 g/mol. The van der Waals surface area contributed by atoms with Crippen LogP contribution in [0.2, 0.25) is 0 Å². The number of fused-ring (bicyclic) bond motifs is 1. The van der Waals surface area contributed by atoms with Crippen LogP contribution < -0.4 is 4.74 Å². The van der Waals surface area contributed by atoms with Gasteiger partial charge in [0.1, 0.15) is 5.75 Å². The number of rotatable bonds is 5. The van der Waals surface area contributed by atoms with Gasteiger partial charge in [0.25, 0.3) is 0 Å². The van der Waals surface area contributed by atoms with Gasteiger partial charge < -0.3 is 9.64 Å². The number of methoxy groups -OCH3 is 1. The van der Waals surface area contributed by atoms with Crippen molar-refractivity contribution in [3.05, 3.63) is 74.1 Å². The number of aryl methyl sites for hydroxylation is 1. The number of para-hydroxylation sites is 1. The lowest BCUT2D eigenvalue weighted by atomic mass is 9.97. The second kappa shape index (κ2) is 7.64. The predicted molar refractivity (Wildman–Crippen MR) is 107 cm³/mol. The van der Waals surface area contributed by atoms with Crippen LogP contribution in [-0.2, 0) is 17.6 Å². The van der Waals surface area contributed by atoms with Crippen LogP contribution >= 0.6 is 22.7 Å². The first kappa shape index (κ1) is 17.3. The van der Waals surface area contributed by atoms with Gasteiger partial charge >= 0.3 is 0 Å². The molecule has 1 aliphatic rings. The molecule has 0 radical (unpaired) electrons. The summed E-state index contributed by atoms with van der Waals surface area (Å²) in [6, 6.07) is 14.4. The first-order chi connectivity index (χ1) is 12.8. The van der Waals surface area contributed by atoms with E-state index < -0.39 is 0 Å². The molecule has 0 unspecified atom stereocenters. The Bertz CT molecular complexity index is 885. The molecule has 1 amide bonds. The highest BCUT2D eigenvalue weighted by molar-refractivity contribution is 7.10. The van der Waals surface area contributed by atoms with E-state index in [1.165, 1.54) is 15.3 Å². The number of amides is 1. The summed E-state index contributed by atoms with van der Waals surface area (Å²) in [5, 5.41) is 4.24. The molecule has 0 saturated heterocycles. The minimum atomic E-state index is 0.0650. The summed E-state index contributed by atoms with van der Waals surface area (Å²) in [6.45, 7) is 0.792. The van der Waals surface area contributed by atoms with Crippen molar-refractivity contribution < 1.29 is 9.53 Å². The average Bonchev–Trinajstić information content (AvgIpc) is 3.37. The maximum absolute atomic E-state index is 13.1. The van der Waals surface area contributed by atoms with Gasteiger partial charge in [-0.25, -0.2) is 0 Å². The Morgan fingerprint density at radius 1 is 1.15 bits per heavy atom. The van der Waals surface area contributed by atoms with Gasteiger partial charge in [0, 0.05) is 22.7 Å².